The number of nitrogens with one attached hydrogen (secondary N) is 1. The predicted octanol–water partition coefficient (Wildman–Crippen LogP) is 2.26. The van der Waals surface area contributed by atoms with E-state index in [2.05, 4.69) is 5.32 Å². The molecule has 0 aliphatic rings. The van der Waals surface area contributed by atoms with Crippen molar-refractivity contribution in [2.75, 3.05) is 11.2 Å². The molecule has 3 heteroatoms. The van der Waals surface area contributed by atoms with Gasteiger partial charge in [-0.2, -0.15) is 0 Å². The maximum atomic E-state index is 8.38. The summed E-state index contributed by atoms with van der Waals surface area (Å²) in [4.78, 5) is 0. The fourth-order valence-electron chi connectivity index (χ4n) is 0.672. The number of rotatable bonds is 3. The van der Waals surface area contributed by atoms with Gasteiger partial charge in [0.1, 0.15) is 0 Å². The molecule has 0 aromatic heterocycles. The van der Waals surface area contributed by atoms with Crippen LogP contribution in [-0.2, 0) is 0 Å². The largest absolute Gasteiger partial charge is 0.374 e. The Balaban J connectivity index is 2.43. The average molecular weight is 155 g/mol. The molecule has 0 fully saturated rings. The minimum Gasteiger partial charge on any atom is -0.374 e. The number of benzene rings is 1. The van der Waals surface area contributed by atoms with Gasteiger partial charge < -0.3 is 9.87 Å². The van der Waals surface area contributed by atoms with Crippen molar-refractivity contribution in [1.29, 1.82) is 0 Å². The molecule has 0 saturated heterocycles. The summed E-state index contributed by atoms with van der Waals surface area (Å²) in [6.45, 7) is 0. The maximum absolute atomic E-state index is 8.38. The Morgan fingerprint density at radius 3 is 2.60 bits per heavy atom. The van der Waals surface area contributed by atoms with Crippen LogP contribution in [0.25, 0.3) is 0 Å². The van der Waals surface area contributed by atoms with E-state index in [4.69, 9.17) is 4.55 Å². The highest BCUT2D eigenvalue weighted by Crippen LogP contribution is 2.05. The van der Waals surface area contributed by atoms with Crippen LogP contribution in [0.4, 0.5) is 5.69 Å². The fraction of sp³-hybridized carbons (Fsp3) is 0.143. The minimum atomic E-state index is 0.532. The van der Waals surface area contributed by atoms with Crippen LogP contribution >= 0.6 is 12.0 Å². The topological polar surface area (TPSA) is 32.3 Å². The van der Waals surface area contributed by atoms with Crippen LogP contribution < -0.4 is 5.32 Å². The molecule has 0 heterocycles. The third-order valence-corrected chi connectivity index (χ3v) is 1.39. The van der Waals surface area contributed by atoms with Crippen molar-refractivity contribution in [1.82, 2.24) is 0 Å². The second-order valence-electron chi connectivity index (χ2n) is 1.82. The Kier molecular flexibility index (Phi) is 3.12. The molecule has 0 amide bonds. The Morgan fingerprint density at radius 2 is 2.00 bits per heavy atom. The van der Waals surface area contributed by atoms with Crippen LogP contribution in [0.5, 0.6) is 0 Å². The SMILES string of the molecule is OSCNc1ccccc1. The van der Waals surface area contributed by atoms with Crippen molar-refractivity contribution in [3.63, 3.8) is 0 Å². The van der Waals surface area contributed by atoms with Crippen molar-refractivity contribution >= 4 is 17.7 Å². The minimum absolute atomic E-state index is 0.532. The molecule has 2 N–H and O–H groups in total. The monoisotopic (exact) mass is 155 g/mol. The van der Waals surface area contributed by atoms with Gasteiger partial charge in [0.05, 0.1) is 5.88 Å². The highest BCUT2D eigenvalue weighted by Gasteiger charge is 1.85. The van der Waals surface area contributed by atoms with Crippen molar-refractivity contribution in [3.05, 3.63) is 30.3 Å². The molecular weight excluding hydrogens is 146 g/mol. The first-order valence-corrected chi connectivity index (χ1v) is 3.93. The lowest BCUT2D eigenvalue weighted by molar-refractivity contribution is 0.665. The highest BCUT2D eigenvalue weighted by molar-refractivity contribution is 7.93. The van der Waals surface area contributed by atoms with E-state index in [0.29, 0.717) is 5.88 Å². The summed E-state index contributed by atoms with van der Waals surface area (Å²) in [5.74, 6) is 0.532. The van der Waals surface area contributed by atoms with Crippen molar-refractivity contribution in [2.45, 2.75) is 0 Å². The summed E-state index contributed by atoms with van der Waals surface area (Å²) >= 11 is 0.785. The molecular formula is C7H9NOS. The normalized spacial score (nSPS) is 9.30. The molecule has 0 aliphatic heterocycles. The molecule has 0 atom stereocenters. The summed E-state index contributed by atoms with van der Waals surface area (Å²) in [5, 5.41) is 3.01. The molecule has 0 bridgehead atoms. The van der Waals surface area contributed by atoms with Gasteiger partial charge >= 0.3 is 0 Å². The summed E-state index contributed by atoms with van der Waals surface area (Å²) in [7, 11) is 0. The first-order chi connectivity index (χ1) is 4.93. The summed E-state index contributed by atoms with van der Waals surface area (Å²) in [6.07, 6.45) is 0. The average Bonchev–Trinajstić information content (AvgIpc) is 2.03. The smallest absolute Gasteiger partial charge is 0.0871 e. The van der Waals surface area contributed by atoms with Gasteiger partial charge in [-0.1, -0.05) is 18.2 Å². The Hall–Kier alpha value is -0.670. The van der Waals surface area contributed by atoms with Crippen LogP contribution in [0.15, 0.2) is 30.3 Å². The van der Waals surface area contributed by atoms with Gasteiger partial charge in [0, 0.05) is 17.7 Å². The van der Waals surface area contributed by atoms with Crippen molar-refractivity contribution in [2.24, 2.45) is 0 Å². The fourth-order valence-corrected chi connectivity index (χ4v) is 0.903. The van der Waals surface area contributed by atoms with Crippen LogP contribution in [0.3, 0.4) is 0 Å². The van der Waals surface area contributed by atoms with Gasteiger partial charge in [0.2, 0.25) is 0 Å². The molecule has 0 radical (unpaired) electrons. The molecule has 1 aromatic rings. The molecule has 2 nitrogen and oxygen atoms in total. The van der Waals surface area contributed by atoms with Crippen LogP contribution in [0.2, 0.25) is 0 Å². The number of anilines is 1. The number of hydrogen-bond donors (Lipinski definition) is 2. The standard InChI is InChI=1S/C7H9NOS/c9-10-6-8-7-4-2-1-3-5-7/h1-5,8-9H,6H2. The molecule has 1 rings (SSSR count). The van der Waals surface area contributed by atoms with Gasteiger partial charge in [-0.15, -0.1) is 0 Å². The van der Waals surface area contributed by atoms with Gasteiger partial charge in [0.25, 0.3) is 0 Å². The molecule has 0 aliphatic carbocycles. The number of para-hydroxylation sites is 1. The molecule has 10 heavy (non-hydrogen) atoms. The van der Waals surface area contributed by atoms with Crippen LogP contribution in [-0.4, -0.2) is 10.4 Å². The summed E-state index contributed by atoms with van der Waals surface area (Å²) < 4.78 is 8.38. The van der Waals surface area contributed by atoms with Gasteiger partial charge in [0.15, 0.2) is 0 Å². The van der Waals surface area contributed by atoms with E-state index in [1.807, 2.05) is 30.3 Å². The molecule has 54 valence electrons. The second kappa shape index (κ2) is 4.19. The predicted molar refractivity (Wildman–Crippen MR) is 45.2 cm³/mol. The van der Waals surface area contributed by atoms with Crippen LogP contribution in [0, 0.1) is 0 Å². The highest BCUT2D eigenvalue weighted by atomic mass is 32.2. The van der Waals surface area contributed by atoms with Crippen LogP contribution in [0.1, 0.15) is 0 Å². The van der Waals surface area contributed by atoms with E-state index >= 15 is 0 Å². The lowest BCUT2D eigenvalue weighted by Gasteiger charge is -2.00. The van der Waals surface area contributed by atoms with E-state index in [9.17, 15) is 0 Å². The Bertz CT molecular complexity index is 178. The zero-order valence-electron chi connectivity index (χ0n) is 5.45. The second-order valence-corrected chi connectivity index (χ2v) is 2.36. The van der Waals surface area contributed by atoms with Gasteiger partial charge in [-0.25, -0.2) is 0 Å². The van der Waals surface area contributed by atoms with E-state index in [1.54, 1.807) is 0 Å². The third-order valence-electron chi connectivity index (χ3n) is 1.11. The Labute approximate surface area is 64.5 Å². The lowest BCUT2D eigenvalue weighted by Crippen LogP contribution is -1.95. The molecule has 0 saturated carbocycles. The summed E-state index contributed by atoms with van der Waals surface area (Å²) in [5.41, 5.74) is 1.03. The van der Waals surface area contributed by atoms with E-state index < -0.39 is 0 Å². The number of hydrogen-bond acceptors (Lipinski definition) is 3. The van der Waals surface area contributed by atoms with Crippen molar-refractivity contribution in [3.8, 4) is 0 Å². The van der Waals surface area contributed by atoms with Crippen molar-refractivity contribution < 1.29 is 4.55 Å². The molecule has 0 spiro atoms. The van der Waals surface area contributed by atoms with Gasteiger partial charge in [-0.3, -0.25) is 0 Å². The third kappa shape index (κ3) is 2.29. The van der Waals surface area contributed by atoms with E-state index in [0.717, 1.165) is 17.7 Å². The zero-order valence-corrected chi connectivity index (χ0v) is 6.27. The maximum Gasteiger partial charge on any atom is 0.0871 e. The van der Waals surface area contributed by atoms with E-state index in [1.165, 1.54) is 0 Å². The first kappa shape index (κ1) is 7.44. The molecule has 1 aromatic carbocycles. The Morgan fingerprint density at radius 1 is 1.30 bits per heavy atom. The summed E-state index contributed by atoms with van der Waals surface area (Å²) in [6, 6.07) is 9.76. The lowest BCUT2D eigenvalue weighted by atomic mass is 10.3. The van der Waals surface area contributed by atoms with E-state index in [-0.39, 0.29) is 0 Å². The molecule has 0 unspecified atom stereocenters. The quantitative estimate of drug-likeness (QED) is 0.518. The first-order valence-electron chi connectivity index (χ1n) is 2.99. The zero-order chi connectivity index (χ0) is 7.23. The van der Waals surface area contributed by atoms with Gasteiger partial charge in [-0.05, 0) is 12.1 Å².